The lowest BCUT2D eigenvalue weighted by Gasteiger charge is -2.38. The Labute approximate surface area is 220 Å². The number of fused-ring (bicyclic) bond motifs is 2. The Hall–Kier alpha value is -3.39. The minimum Gasteiger partial charge on any atom is -0.481 e. The summed E-state index contributed by atoms with van der Waals surface area (Å²) >= 11 is 6.01. The van der Waals surface area contributed by atoms with Crippen LogP contribution in [0.25, 0.3) is 5.57 Å². The molecule has 5 rings (SSSR count). The first-order valence-electron chi connectivity index (χ1n) is 12.4. The summed E-state index contributed by atoms with van der Waals surface area (Å²) in [5.74, 6) is 0.603. The lowest BCUT2D eigenvalue weighted by atomic mass is 9.84. The number of likely N-dealkylation sites (tertiary alicyclic amines) is 1. The second kappa shape index (κ2) is 10.9. The molecule has 0 bridgehead atoms. The summed E-state index contributed by atoms with van der Waals surface area (Å²) in [6, 6.07) is 16.7. The molecule has 7 nitrogen and oxygen atoms in total. The Kier molecular flexibility index (Phi) is 7.46. The number of carboxylic acid groups (broad SMARTS) is 1. The molecule has 2 aliphatic rings. The molecular weight excluding hydrogens is 492 g/mol. The summed E-state index contributed by atoms with van der Waals surface area (Å²) in [5, 5.41) is 20.9. The van der Waals surface area contributed by atoms with Gasteiger partial charge in [-0.2, -0.15) is 0 Å². The van der Waals surface area contributed by atoms with Crippen molar-refractivity contribution in [2.45, 2.75) is 31.3 Å². The smallest absolute Gasteiger partial charge is 0.341 e. The maximum Gasteiger partial charge on any atom is 0.341 e. The van der Waals surface area contributed by atoms with Crippen LogP contribution in [-0.2, 0) is 16.8 Å². The van der Waals surface area contributed by atoms with Gasteiger partial charge in [-0.15, -0.1) is 0 Å². The van der Waals surface area contributed by atoms with Crippen LogP contribution in [0.5, 0.6) is 17.4 Å². The zero-order valence-electron chi connectivity index (χ0n) is 20.4. The molecule has 8 heteroatoms. The predicted octanol–water partition coefficient (Wildman–Crippen LogP) is 5.30. The second-order valence-corrected chi connectivity index (χ2v) is 9.88. The van der Waals surface area contributed by atoms with Gasteiger partial charge in [-0.05, 0) is 66.8 Å². The van der Waals surface area contributed by atoms with Crippen molar-refractivity contribution < 1.29 is 24.5 Å². The molecule has 0 aliphatic carbocycles. The minimum atomic E-state index is -1.03. The van der Waals surface area contributed by atoms with E-state index in [1.807, 2.05) is 42.5 Å². The Balaban J connectivity index is 1.29. The molecule has 3 heterocycles. The monoisotopic (exact) mass is 520 g/mol. The van der Waals surface area contributed by atoms with Crippen LogP contribution in [0, 0.1) is 0 Å². The van der Waals surface area contributed by atoms with Crippen LogP contribution in [0.4, 0.5) is 0 Å². The lowest BCUT2D eigenvalue weighted by molar-refractivity contribution is -0.139. The van der Waals surface area contributed by atoms with E-state index in [1.54, 1.807) is 18.3 Å². The van der Waals surface area contributed by atoms with Crippen molar-refractivity contribution in [1.29, 1.82) is 0 Å². The third-order valence-corrected chi connectivity index (χ3v) is 7.29. The van der Waals surface area contributed by atoms with Gasteiger partial charge in [0.2, 0.25) is 5.88 Å². The van der Waals surface area contributed by atoms with Gasteiger partial charge >= 0.3 is 5.97 Å². The van der Waals surface area contributed by atoms with Crippen LogP contribution in [0.2, 0.25) is 5.02 Å². The van der Waals surface area contributed by atoms with Crippen molar-refractivity contribution in [3.05, 3.63) is 88.6 Å². The fourth-order valence-corrected chi connectivity index (χ4v) is 5.12. The van der Waals surface area contributed by atoms with Crippen molar-refractivity contribution in [3.8, 4) is 17.4 Å². The maximum atomic E-state index is 11.2. The number of ether oxygens (including phenoxy) is 2. The quantitative estimate of drug-likeness (QED) is 0.436. The molecule has 0 saturated carbocycles. The first kappa shape index (κ1) is 25.3. The number of aliphatic carboxylic acids is 1. The molecule has 2 N–H and O–H groups in total. The van der Waals surface area contributed by atoms with Gasteiger partial charge in [0, 0.05) is 48.4 Å². The Morgan fingerprint density at radius 2 is 1.92 bits per heavy atom. The summed E-state index contributed by atoms with van der Waals surface area (Å²) in [4.78, 5) is 17.9. The molecule has 2 aromatic carbocycles. The normalized spacial score (nSPS) is 17.8. The van der Waals surface area contributed by atoms with Gasteiger partial charge in [-0.3, -0.25) is 0 Å². The number of hydrogen-bond donors (Lipinski definition) is 2. The number of nitrogens with zero attached hydrogens (tertiary/aromatic N) is 2. The van der Waals surface area contributed by atoms with Gasteiger partial charge in [0.05, 0.1) is 5.60 Å². The van der Waals surface area contributed by atoms with Gasteiger partial charge in [0.25, 0.3) is 0 Å². The largest absolute Gasteiger partial charge is 0.481 e. The average molecular weight is 521 g/mol. The molecule has 1 saturated heterocycles. The highest BCUT2D eigenvalue weighted by molar-refractivity contribution is 6.30. The van der Waals surface area contributed by atoms with Crippen LogP contribution in [0.15, 0.2) is 66.9 Å². The molecule has 0 atom stereocenters. The first-order chi connectivity index (χ1) is 17.9. The van der Waals surface area contributed by atoms with E-state index in [1.165, 1.54) is 0 Å². The molecule has 1 fully saturated rings. The van der Waals surface area contributed by atoms with Crippen molar-refractivity contribution in [3.63, 3.8) is 0 Å². The number of benzene rings is 2. The van der Waals surface area contributed by atoms with E-state index in [0.29, 0.717) is 41.7 Å². The van der Waals surface area contributed by atoms with E-state index in [9.17, 15) is 9.90 Å². The second-order valence-electron chi connectivity index (χ2n) is 9.45. The lowest BCUT2D eigenvalue weighted by Crippen LogP contribution is -2.42. The average Bonchev–Trinajstić information content (AvgIpc) is 3.06. The topological polar surface area (TPSA) is 92.1 Å². The van der Waals surface area contributed by atoms with E-state index in [2.05, 4.69) is 16.0 Å². The number of piperidine rings is 1. The standard InChI is InChI=1S/C29H29ClN2O5/c30-22-10-8-21(9-11-22)29(35)12-16-32(17-13-29)15-3-4-20-18-24-25(36-19-27(33)34)6-1-7-26(24)37-28-23(20)5-2-14-31-28/h1-2,4-11,14,35H,3,12-13,15-19H2,(H,33,34). The summed E-state index contributed by atoms with van der Waals surface area (Å²) in [5.41, 5.74) is 2.88. The fraction of sp³-hybridized carbons (Fsp3) is 0.310. The molecule has 0 spiro atoms. The van der Waals surface area contributed by atoms with Gasteiger partial charge in [-0.25, -0.2) is 9.78 Å². The molecule has 0 radical (unpaired) electrons. The fourth-order valence-electron chi connectivity index (χ4n) is 5.00. The summed E-state index contributed by atoms with van der Waals surface area (Å²) < 4.78 is 11.7. The SMILES string of the molecule is O=C(O)COc1cccc2c1CC(=CCCN1CCC(O)(c3ccc(Cl)cc3)CC1)c1cccnc1O2. The van der Waals surface area contributed by atoms with Crippen molar-refractivity contribution >= 4 is 23.1 Å². The number of carboxylic acids is 1. The molecule has 0 unspecified atom stereocenters. The molecule has 3 aromatic rings. The Morgan fingerprint density at radius 1 is 1.14 bits per heavy atom. The highest BCUT2D eigenvalue weighted by atomic mass is 35.5. The zero-order chi connectivity index (χ0) is 25.8. The van der Waals surface area contributed by atoms with Gasteiger partial charge in [0.15, 0.2) is 6.61 Å². The van der Waals surface area contributed by atoms with Crippen LogP contribution >= 0.6 is 11.6 Å². The molecular formula is C29H29ClN2O5. The third kappa shape index (κ3) is 5.80. The van der Waals surface area contributed by atoms with Crippen LogP contribution in [-0.4, -0.2) is 52.3 Å². The molecule has 192 valence electrons. The number of hydrogen-bond acceptors (Lipinski definition) is 6. The minimum absolute atomic E-state index is 0.419. The summed E-state index contributed by atoms with van der Waals surface area (Å²) in [6.07, 6.45) is 6.60. The highest BCUT2D eigenvalue weighted by Crippen LogP contribution is 2.41. The van der Waals surface area contributed by atoms with Crippen molar-refractivity contribution in [2.24, 2.45) is 0 Å². The first-order valence-corrected chi connectivity index (χ1v) is 12.8. The predicted molar refractivity (Wildman–Crippen MR) is 141 cm³/mol. The van der Waals surface area contributed by atoms with Crippen LogP contribution in [0.3, 0.4) is 0 Å². The Morgan fingerprint density at radius 3 is 2.68 bits per heavy atom. The third-order valence-electron chi connectivity index (χ3n) is 7.03. The maximum absolute atomic E-state index is 11.2. The van der Waals surface area contributed by atoms with Gasteiger partial charge in [-0.1, -0.05) is 35.9 Å². The highest BCUT2D eigenvalue weighted by Gasteiger charge is 2.33. The number of pyridine rings is 1. The number of carbonyl (C=O) groups is 1. The summed E-state index contributed by atoms with van der Waals surface area (Å²) in [7, 11) is 0. The van der Waals surface area contributed by atoms with Crippen LogP contribution < -0.4 is 9.47 Å². The van der Waals surface area contributed by atoms with Crippen molar-refractivity contribution in [1.82, 2.24) is 9.88 Å². The van der Waals surface area contributed by atoms with E-state index < -0.39 is 18.2 Å². The number of rotatable bonds is 7. The van der Waals surface area contributed by atoms with E-state index >= 15 is 0 Å². The van der Waals surface area contributed by atoms with E-state index in [0.717, 1.165) is 48.3 Å². The number of aromatic nitrogens is 1. The van der Waals surface area contributed by atoms with Crippen molar-refractivity contribution in [2.75, 3.05) is 26.2 Å². The molecule has 0 amide bonds. The van der Waals surface area contributed by atoms with Crippen LogP contribution in [0.1, 0.15) is 36.0 Å². The number of aliphatic hydroxyl groups is 1. The number of halogens is 1. The van der Waals surface area contributed by atoms with Gasteiger partial charge in [0.1, 0.15) is 11.5 Å². The zero-order valence-corrected chi connectivity index (χ0v) is 21.2. The van der Waals surface area contributed by atoms with E-state index in [4.69, 9.17) is 26.2 Å². The Bertz CT molecular complexity index is 1300. The van der Waals surface area contributed by atoms with E-state index in [-0.39, 0.29) is 0 Å². The molecule has 37 heavy (non-hydrogen) atoms. The molecule has 2 aliphatic heterocycles. The van der Waals surface area contributed by atoms with Gasteiger partial charge < -0.3 is 24.6 Å². The molecule has 1 aromatic heterocycles. The number of allylic oxidation sites excluding steroid dienone is 1. The summed E-state index contributed by atoms with van der Waals surface area (Å²) in [6.45, 7) is 2.05.